The van der Waals surface area contributed by atoms with Crippen molar-refractivity contribution in [3.63, 3.8) is 0 Å². The van der Waals surface area contributed by atoms with Crippen molar-refractivity contribution >= 4 is 5.91 Å². The molecular weight excluding hydrogens is 298 g/mol. The molecule has 2 N–H and O–H groups in total. The number of aromatic nitrogens is 2. The number of nitrogens with one attached hydrogen (secondary N) is 1. The zero-order chi connectivity index (χ0) is 16.2. The molecule has 1 atom stereocenters. The third kappa shape index (κ3) is 4.07. The maximum absolute atomic E-state index is 11.8. The van der Waals surface area contributed by atoms with Crippen LogP contribution in [0.2, 0.25) is 0 Å². The third-order valence-electron chi connectivity index (χ3n) is 3.62. The molecule has 0 radical (unpaired) electrons. The molecule has 3 rings (SSSR count). The van der Waals surface area contributed by atoms with Gasteiger partial charge in [-0.15, -0.1) is 0 Å². The fourth-order valence-corrected chi connectivity index (χ4v) is 2.08. The average molecular weight is 317 g/mol. The van der Waals surface area contributed by atoms with Crippen LogP contribution < -0.4 is 10.1 Å². The summed E-state index contributed by atoms with van der Waals surface area (Å²) in [6.07, 6.45) is 0.885. The molecule has 1 amide bonds. The molecule has 7 nitrogen and oxygen atoms in total. The van der Waals surface area contributed by atoms with Crippen LogP contribution >= 0.6 is 0 Å². The van der Waals surface area contributed by atoms with Crippen molar-refractivity contribution in [3.8, 4) is 5.75 Å². The van der Waals surface area contributed by atoms with Gasteiger partial charge in [0.25, 0.3) is 5.91 Å². The van der Waals surface area contributed by atoms with Crippen molar-refractivity contribution in [2.45, 2.75) is 38.3 Å². The topological polar surface area (TPSA) is 97.5 Å². The minimum absolute atomic E-state index is 0.115. The number of rotatable bonds is 7. The van der Waals surface area contributed by atoms with Gasteiger partial charge in [-0.25, -0.2) is 0 Å². The van der Waals surface area contributed by atoms with Crippen LogP contribution in [0.3, 0.4) is 0 Å². The molecule has 122 valence electrons. The second-order valence-electron chi connectivity index (χ2n) is 5.63. The number of hydrogen-bond acceptors (Lipinski definition) is 6. The highest BCUT2D eigenvalue weighted by Crippen LogP contribution is 2.38. The highest BCUT2D eigenvalue weighted by Gasteiger charge is 2.29. The molecular formula is C16H19N3O4. The summed E-state index contributed by atoms with van der Waals surface area (Å²) >= 11 is 0. The van der Waals surface area contributed by atoms with Crippen LogP contribution in [0.4, 0.5) is 0 Å². The summed E-state index contributed by atoms with van der Waals surface area (Å²) < 4.78 is 10.6. The van der Waals surface area contributed by atoms with Crippen LogP contribution in [0.15, 0.2) is 28.8 Å². The summed E-state index contributed by atoms with van der Waals surface area (Å²) in [4.78, 5) is 16.1. The van der Waals surface area contributed by atoms with Gasteiger partial charge in [0.05, 0.1) is 6.54 Å². The molecule has 1 saturated carbocycles. The largest absolute Gasteiger partial charge is 0.490 e. The number of ether oxygens (including phenoxy) is 1. The van der Waals surface area contributed by atoms with Crippen molar-refractivity contribution < 1.29 is 19.2 Å². The molecule has 1 aliphatic carbocycles. The van der Waals surface area contributed by atoms with Crippen molar-refractivity contribution in [2.75, 3.05) is 6.61 Å². The molecule has 0 unspecified atom stereocenters. The molecule has 1 aliphatic rings. The van der Waals surface area contributed by atoms with Gasteiger partial charge in [0, 0.05) is 5.92 Å². The van der Waals surface area contributed by atoms with E-state index in [1.807, 2.05) is 25.1 Å². The van der Waals surface area contributed by atoms with Crippen LogP contribution in [0.1, 0.15) is 36.0 Å². The number of aliphatic hydroxyl groups excluding tert-OH is 1. The second kappa shape index (κ2) is 6.78. The number of hydrogen-bond donors (Lipinski definition) is 2. The SMILES string of the molecule is Cc1ccccc1OC[C@@H](O)C(=O)NCc1noc(C2CC2)n1. The van der Waals surface area contributed by atoms with E-state index in [1.54, 1.807) is 6.07 Å². The molecule has 1 aromatic carbocycles. The smallest absolute Gasteiger partial charge is 0.252 e. The Kier molecular flexibility index (Phi) is 4.57. The Morgan fingerprint density at radius 3 is 3.00 bits per heavy atom. The van der Waals surface area contributed by atoms with E-state index in [4.69, 9.17) is 9.26 Å². The quantitative estimate of drug-likeness (QED) is 0.799. The highest BCUT2D eigenvalue weighted by molar-refractivity contribution is 5.80. The summed E-state index contributed by atoms with van der Waals surface area (Å²) in [5, 5.41) is 16.2. The van der Waals surface area contributed by atoms with Gasteiger partial charge in [-0.3, -0.25) is 4.79 Å². The second-order valence-corrected chi connectivity index (χ2v) is 5.63. The third-order valence-corrected chi connectivity index (χ3v) is 3.62. The first-order valence-electron chi connectivity index (χ1n) is 7.60. The maximum atomic E-state index is 11.8. The predicted molar refractivity (Wildman–Crippen MR) is 80.8 cm³/mol. The van der Waals surface area contributed by atoms with Gasteiger partial charge in [-0.1, -0.05) is 23.4 Å². The van der Waals surface area contributed by atoms with Gasteiger partial charge >= 0.3 is 0 Å². The lowest BCUT2D eigenvalue weighted by Gasteiger charge is -2.13. The van der Waals surface area contributed by atoms with Gasteiger partial charge in [-0.2, -0.15) is 4.98 Å². The number of benzene rings is 1. The summed E-state index contributed by atoms with van der Waals surface area (Å²) in [7, 11) is 0. The lowest BCUT2D eigenvalue weighted by atomic mass is 10.2. The van der Waals surface area contributed by atoms with Gasteiger partial charge in [0.2, 0.25) is 5.89 Å². The Morgan fingerprint density at radius 1 is 1.48 bits per heavy atom. The highest BCUT2D eigenvalue weighted by atomic mass is 16.5. The van der Waals surface area contributed by atoms with E-state index in [-0.39, 0.29) is 13.2 Å². The van der Waals surface area contributed by atoms with Crippen molar-refractivity contribution in [2.24, 2.45) is 0 Å². The molecule has 1 fully saturated rings. The van der Waals surface area contributed by atoms with Gasteiger partial charge < -0.3 is 19.7 Å². The first kappa shape index (κ1) is 15.5. The lowest BCUT2D eigenvalue weighted by Crippen LogP contribution is -2.38. The molecule has 0 aliphatic heterocycles. The molecule has 1 heterocycles. The van der Waals surface area contributed by atoms with Gasteiger partial charge in [-0.05, 0) is 31.4 Å². The van der Waals surface area contributed by atoms with E-state index in [2.05, 4.69) is 15.5 Å². The van der Waals surface area contributed by atoms with Crippen molar-refractivity contribution in [1.82, 2.24) is 15.5 Å². The normalized spacial score (nSPS) is 15.2. The number of aryl methyl sites for hydroxylation is 1. The fourth-order valence-electron chi connectivity index (χ4n) is 2.08. The summed E-state index contributed by atoms with van der Waals surface area (Å²) in [5.74, 6) is 1.52. The van der Waals surface area contributed by atoms with Crippen LogP contribution in [-0.2, 0) is 11.3 Å². The Balaban J connectivity index is 1.44. The van der Waals surface area contributed by atoms with Crippen LogP contribution in [0, 0.1) is 6.92 Å². The van der Waals surface area contributed by atoms with E-state index < -0.39 is 12.0 Å². The van der Waals surface area contributed by atoms with E-state index in [1.165, 1.54) is 0 Å². The zero-order valence-electron chi connectivity index (χ0n) is 12.9. The lowest BCUT2D eigenvalue weighted by molar-refractivity contribution is -0.130. The molecule has 7 heteroatoms. The molecule has 0 bridgehead atoms. The standard InChI is InChI=1S/C16H19N3O4/c1-10-4-2-3-5-13(10)22-9-12(20)15(21)17-8-14-18-16(23-19-14)11-6-7-11/h2-5,11-12,20H,6-9H2,1H3,(H,17,21)/t12-/m1/s1. The summed E-state index contributed by atoms with van der Waals surface area (Å²) in [6, 6.07) is 7.42. The number of amides is 1. The minimum atomic E-state index is -1.26. The number of carbonyl (C=O) groups excluding carboxylic acids is 1. The molecule has 1 aromatic heterocycles. The predicted octanol–water partition coefficient (Wildman–Crippen LogP) is 1.31. The number of nitrogens with zero attached hydrogens (tertiary/aromatic N) is 2. The Morgan fingerprint density at radius 2 is 2.26 bits per heavy atom. The maximum Gasteiger partial charge on any atom is 0.252 e. The van der Waals surface area contributed by atoms with E-state index in [0.29, 0.717) is 23.4 Å². The Bertz CT molecular complexity index is 681. The number of carbonyl (C=O) groups is 1. The Labute approximate surface area is 133 Å². The van der Waals surface area contributed by atoms with Crippen LogP contribution in [-0.4, -0.2) is 33.9 Å². The number of aliphatic hydroxyl groups is 1. The number of para-hydroxylation sites is 1. The molecule has 2 aromatic rings. The monoisotopic (exact) mass is 317 g/mol. The van der Waals surface area contributed by atoms with E-state index in [0.717, 1.165) is 18.4 Å². The first-order chi connectivity index (χ1) is 11.1. The first-order valence-corrected chi connectivity index (χ1v) is 7.60. The minimum Gasteiger partial charge on any atom is -0.490 e. The van der Waals surface area contributed by atoms with Crippen molar-refractivity contribution in [3.05, 3.63) is 41.5 Å². The van der Waals surface area contributed by atoms with Crippen LogP contribution in [0.25, 0.3) is 0 Å². The van der Waals surface area contributed by atoms with Crippen molar-refractivity contribution in [1.29, 1.82) is 0 Å². The van der Waals surface area contributed by atoms with Gasteiger partial charge in [0.15, 0.2) is 11.9 Å². The summed E-state index contributed by atoms with van der Waals surface area (Å²) in [6.45, 7) is 1.90. The summed E-state index contributed by atoms with van der Waals surface area (Å²) in [5.41, 5.74) is 0.944. The molecule has 23 heavy (non-hydrogen) atoms. The Hall–Kier alpha value is -2.41. The van der Waals surface area contributed by atoms with Gasteiger partial charge in [0.1, 0.15) is 12.4 Å². The molecule has 0 saturated heterocycles. The average Bonchev–Trinajstić information content (AvgIpc) is 3.30. The molecule has 0 spiro atoms. The van der Waals surface area contributed by atoms with Crippen LogP contribution in [0.5, 0.6) is 5.75 Å². The fraction of sp³-hybridized carbons (Fsp3) is 0.438. The van der Waals surface area contributed by atoms with E-state index >= 15 is 0 Å². The zero-order valence-corrected chi connectivity index (χ0v) is 12.9. The van der Waals surface area contributed by atoms with E-state index in [9.17, 15) is 9.90 Å².